The molecule has 2 heterocycles. The van der Waals surface area contributed by atoms with Gasteiger partial charge in [-0.3, -0.25) is 9.29 Å². The minimum atomic E-state index is -4.02. The highest BCUT2D eigenvalue weighted by atomic mass is 32.2. The van der Waals surface area contributed by atoms with Crippen LogP contribution in [0.1, 0.15) is 11.1 Å². The first kappa shape index (κ1) is 21.8. The average Bonchev–Trinajstić information content (AvgIpc) is 3.18. The Labute approximate surface area is 207 Å². The van der Waals surface area contributed by atoms with E-state index >= 15 is 0 Å². The smallest absolute Gasteiger partial charge is 0.263 e. The van der Waals surface area contributed by atoms with E-state index in [2.05, 4.69) is 10.8 Å². The van der Waals surface area contributed by atoms with Crippen LogP contribution in [0.4, 0.5) is 5.82 Å². The van der Waals surface area contributed by atoms with E-state index in [4.69, 9.17) is 9.97 Å². The van der Waals surface area contributed by atoms with Crippen molar-refractivity contribution in [3.05, 3.63) is 102 Å². The molecular formula is C28H19N5O2S. The molecule has 7 nitrogen and oxygen atoms in total. The summed E-state index contributed by atoms with van der Waals surface area (Å²) in [6.45, 7) is 1.89. The van der Waals surface area contributed by atoms with Crippen molar-refractivity contribution in [1.29, 1.82) is 5.26 Å². The fraction of sp³-hybridized carbons (Fsp3) is 0.0357. The van der Waals surface area contributed by atoms with Gasteiger partial charge in [0, 0.05) is 5.39 Å². The lowest BCUT2D eigenvalue weighted by molar-refractivity contribution is 0.601. The molecule has 0 saturated carbocycles. The van der Waals surface area contributed by atoms with Gasteiger partial charge in [0.1, 0.15) is 23.0 Å². The summed E-state index contributed by atoms with van der Waals surface area (Å²) in [5.74, 6) is 0.0970. The molecule has 174 valence electrons. The molecule has 8 heteroatoms. The summed E-state index contributed by atoms with van der Waals surface area (Å²) in [6, 6.07) is 29.6. The molecule has 0 atom stereocenters. The maximum atomic E-state index is 13.5. The molecule has 4 aromatic carbocycles. The van der Waals surface area contributed by atoms with Gasteiger partial charge in [-0.1, -0.05) is 66.2 Å². The van der Waals surface area contributed by atoms with Crippen LogP contribution in [-0.4, -0.2) is 23.0 Å². The molecule has 1 N–H and O–H groups in total. The second kappa shape index (κ2) is 8.18. The van der Waals surface area contributed by atoms with Gasteiger partial charge in [-0.05, 0) is 42.6 Å². The molecule has 0 spiro atoms. The summed E-state index contributed by atoms with van der Waals surface area (Å²) in [5.41, 5.74) is 3.70. The van der Waals surface area contributed by atoms with Gasteiger partial charge in [-0.15, -0.1) is 0 Å². The minimum absolute atomic E-state index is 0.0952. The Morgan fingerprint density at radius 1 is 0.833 bits per heavy atom. The quantitative estimate of drug-likeness (QED) is 0.342. The predicted octanol–water partition coefficient (Wildman–Crippen LogP) is 5.71. The van der Waals surface area contributed by atoms with Gasteiger partial charge < -0.3 is 0 Å². The lowest BCUT2D eigenvalue weighted by Gasteiger charge is -2.15. The van der Waals surface area contributed by atoms with Crippen LogP contribution in [0.2, 0.25) is 0 Å². The first-order chi connectivity index (χ1) is 17.5. The van der Waals surface area contributed by atoms with Crippen molar-refractivity contribution < 1.29 is 8.42 Å². The van der Waals surface area contributed by atoms with Gasteiger partial charge in [0.25, 0.3) is 10.0 Å². The summed E-state index contributed by atoms with van der Waals surface area (Å²) < 4.78 is 31.3. The van der Waals surface area contributed by atoms with E-state index < -0.39 is 10.0 Å². The van der Waals surface area contributed by atoms with Crippen molar-refractivity contribution in [1.82, 2.24) is 14.5 Å². The number of fused-ring (bicyclic) bond motifs is 3. The van der Waals surface area contributed by atoms with E-state index in [1.807, 2.05) is 73.7 Å². The number of para-hydroxylation sites is 2. The Morgan fingerprint density at radius 3 is 2.25 bits per heavy atom. The number of aryl methyl sites for hydroxylation is 1. The molecule has 0 saturated heterocycles. The van der Waals surface area contributed by atoms with Crippen LogP contribution >= 0.6 is 0 Å². The van der Waals surface area contributed by atoms with E-state index in [9.17, 15) is 13.7 Å². The summed E-state index contributed by atoms with van der Waals surface area (Å²) in [7, 11) is -4.02. The van der Waals surface area contributed by atoms with Crippen LogP contribution in [0.15, 0.2) is 95.9 Å². The number of rotatable bonds is 4. The lowest BCUT2D eigenvalue weighted by Crippen LogP contribution is -2.16. The maximum absolute atomic E-state index is 13.5. The van der Waals surface area contributed by atoms with Crippen LogP contribution in [0, 0.1) is 18.3 Å². The first-order valence-corrected chi connectivity index (χ1v) is 12.7. The first-order valence-electron chi connectivity index (χ1n) is 11.3. The molecule has 0 aliphatic carbocycles. The highest BCUT2D eigenvalue weighted by Crippen LogP contribution is 2.36. The summed E-state index contributed by atoms with van der Waals surface area (Å²) in [6.07, 6.45) is 0. The number of hydrogen-bond donors (Lipinski definition) is 1. The van der Waals surface area contributed by atoms with Crippen LogP contribution in [0.3, 0.4) is 0 Å². The molecule has 2 aromatic heterocycles. The SMILES string of the molecule is Cc1ccc(S(=O)(=O)Nc2c(C#N)c3nc4ccccc4nc3n2-c2cccc3ccccc23)cc1. The summed E-state index contributed by atoms with van der Waals surface area (Å²) in [5, 5.41) is 12.1. The zero-order chi connectivity index (χ0) is 24.9. The fourth-order valence-electron chi connectivity index (χ4n) is 4.39. The number of anilines is 1. The third-order valence-electron chi connectivity index (χ3n) is 6.14. The zero-order valence-corrected chi connectivity index (χ0v) is 20.0. The van der Waals surface area contributed by atoms with Crippen LogP contribution < -0.4 is 4.72 Å². The van der Waals surface area contributed by atoms with Gasteiger partial charge in [0.15, 0.2) is 5.65 Å². The molecule has 6 aromatic rings. The third-order valence-corrected chi connectivity index (χ3v) is 7.50. The minimum Gasteiger partial charge on any atom is -0.276 e. The number of aromatic nitrogens is 3. The molecule has 0 fully saturated rings. The van der Waals surface area contributed by atoms with E-state index in [0.29, 0.717) is 27.9 Å². The van der Waals surface area contributed by atoms with Crippen molar-refractivity contribution in [3.8, 4) is 11.8 Å². The molecule has 0 bridgehead atoms. The van der Waals surface area contributed by atoms with E-state index in [0.717, 1.165) is 16.3 Å². The molecule has 0 amide bonds. The number of benzene rings is 4. The fourth-order valence-corrected chi connectivity index (χ4v) is 5.45. The predicted molar refractivity (Wildman–Crippen MR) is 141 cm³/mol. The molecule has 6 rings (SSSR count). The Morgan fingerprint density at radius 2 is 1.50 bits per heavy atom. The molecule has 36 heavy (non-hydrogen) atoms. The Bertz CT molecular complexity index is 1950. The number of sulfonamides is 1. The summed E-state index contributed by atoms with van der Waals surface area (Å²) in [4.78, 5) is 9.62. The second-order valence-corrected chi connectivity index (χ2v) is 10.2. The Hall–Kier alpha value is -4.74. The second-order valence-electron chi connectivity index (χ2n) is 8.47. The molecule has 0 unspecified atom stereocenters. The van der Waals surface area contributed by atoms with E-state index in [-0.39, 0.29) is 16.3 Å². The largest absolute Gasteiger partial charge is 0.276 e. The maximum Gasteiger partial charge on any atom is 0.263 e. The molecule has 0 aliphatic heterocycles. The summed E-state index contributed by atoms with van der Waals surface area (Å²) >= 11 is 0. The van der Waals surface area contributed by atoms with Crippen molar-refractivity contribution in [2.24, 2.45) is 0 Å². The number of hydrogen-bond acceptors (Lipinski definition) is 5. The number of nitrogens with zero attached hydrogens (tertiary/aromatic N) is 4. The van der Waals surface area contributed by atoms with Crippen LogP contribution in [0.25, 0.3) is 38.7 Å². The van der Waals surface area contributed by atoms with Gasteiger partial charge in [0.2, 0.25) is 0 Å². The van der Waals surface area contributed by atoms with Crippen molar-refractivity contribution in [2.75, 3.05) is 4.72 Å². The van der Waals surface area contributed by atoms with Gasteiger partial charge in [-0.2, -0.15) is 5.26 Å². The normalized spacial score (nSPS) is 11.7. The number of nitrogens with one attached hydrogen (secondary N) is 1. The topological polar surface area (TPSA) is 101 Å². The monoisotopic (exact) mass is 489 g/mol. The Kier molecular flexibility index (Phi) is 4.95. The highest BCUT2D eigenvalue weighted by Gasteiger charge is 2.26. The van der Waals surface area contributed by atoms with Crippen LogP contribution in [-0.2, 0) is 10.0 Å². The Balaban J connectivity index is 1.71. The van der Waals surface area contributed by atoms with Crippen molar-refractivity contribution in [3.63, 3.8) is 0 Å². The standard InChI is InChI=1S/C28H19N5O2S/c1-18-13-15-20(16-14-18)36(34,35)32-27-22(17-29)26-28(31-24-11-5-4-10-23(24)30-26)33(27)25-12-6-8-19-7-2-3-9-21(19)25/h2-16,32H,1H3. The van der Waals surface area contributed by atoms with E-state index in [1.165, 1.54) is 0 Å². The molecule has 0 radical (unpaired) electrons. The van der Waals surface area contributed by atoms with Crippen LogP contribution in [0.5, 0.6) is 0 Å². The van der Waals surface area contributed by atoms with E-state index in [1.54, 1.807) is 28.8 Å². The molecule has 0 aliphatic rings. The van der Waals surface area contributed by atoms with Gasteiger partial charge >= 0.3 is 0 Å². The van der Waals surface area contributed by atoms with Crippen molar-refractivity contribution in [2.45, 2.75) is 11.8 Å². The number of nitriles is 1. The lowest BCUT2D eigenvalue weighted by atomic mass is 10.1. The average molecular weight is 490 g/mol. The van der Waals surface area contributed by atoms with Crippen molar-refractivity contribution >= 4 is 48.8 Å². The zero-order valence-electron chi connectivity index (χ0n) is 19.2. The molecular weight excluding hydrogens is 470 g/mol. The van der Waals surface area contributed by atoms with Gasteiger partial charge in [-0.25, -0.2) is 18.4 Å². The highest BCUT2D eigenvalue weighted by molar-refractivity contribution is 7.92. The van der Waals surface area contributed by atoms with Gasteiger partial charge in [0.05, 0.1) is 21.6 Å². The third kappa shape index (κ3) is 3.45.